The van der Waals surface area contributed by atoms with Crippen molar-refractivity contribution in [3.63, 3.8) is 0 Å². The Kier molecular flexibility index (Phi) is 4.55. The maximum Gasteiger partial charge on any atom is 0.143 e. The summed E-state index contributed by atoms with van der Waals surface area (Å²) in [7, 11) is 0. The molecule has 0 aliphatic carbocycles. The number of rotatable bonds is 6. The molecule has 7 heteroatoms. The molecular formula is C15H18N6S. The molecule has 0 unspecified atom stereocenters. The lowest BCUT2D eigenvalue weighted by atomic mass is 10.3. The van der Waals surface area contributed by atoms with Crippen LogP contribution in [0, 0.1) is 6.92 Å². The van der Waals surface area contributed by atoms with Crippen LogP contribution in [-0.4, -0.2) is 30.5 Å². The highest BCUT2D eigenvalue weighted by atomic mass is 32.1. The summed E-state index contributed by atoms with van der Waals surface area (Å²) in [6, 6.07) is 0.342. The Labute approximate surface area is 133 Å². The molecule has 0 bridgehead atoms. The van der Waals surface area contributed by atoms with E-state index in [1.165, 1.54) is 0 Å². The van der Waals surface area contributed by atoms with Crippen molar-refractivity contribution in [1.29, 1.82) is 0 Å². The summed E-state index contributed by atoms with van der Waals surface area (Å²) in [4.78, 5) is 17.2. The van der Waals surface area contributed by atoms with Crippen molar-refractivity contribution < 1.29 is 0 Å². The van der Waals surface area contributed by atoms with Gasteiger partial charge in [0.05, 0.1) is 11.9 Å². The minimum atomic E-state index is 0.342. The fourth-order valence-electron chi connectivity index (χ4n) is 2.15. The lowest BCUT2D eigenvalue weighted by molar-refractivity contribution is 0.468. The van der Waals surface area contributed by atoms with Gasteiger partial charge in [0.2, 0.25) is 0 Å². The molecule has 0 fully saturated rings. The third-order valence-electron chi connectivity index (χ3n) is 3.36. The third kappa shape index (κ3) is 3.55. The Morgan fingerprint density at radius 1 is 1.27 bits per heavy atom. The second-order valence-electron chi connectivity index (χ2n) is 5.14. The molecule has 6 nitrogen and oxygen atoms in total. The Hall–Kier alpha value is -2.12. The van der Waals surface area contributed by atoms with E-state index in [1.54, 1.807) is 29.9 Å². The summed E-state index contributed by atoms with van der Waals surface area (Å²) in [5.41, 5.74) is 1.85. The van der Waals surface area contributed by atoms with Crippen molar-refractivity contribution in [3.05, 3.63) is 47.9 Å². The molecular weight excluding hydrogens is 296 g/mol. The average molecular weight is 314 g/mol. The van der Waals surface area contributed by atoms with E-state index < -0.39 is 0 Å². The molecule has 1 atom stereocenters. The van der Waals surface area contributed by atoms with Gasteiger partial charge in [-0.2, -0.15) is 0 Å². The zero-order valence-electron chi connectivity index (χ0n) is 12.6. The van der Waals surface area contributed by atoms with E-state index in [0.717, 1.165) is 35.3 Å². The smallest absolute Gasteiger partial charge is 0.143 e. The summed E-state index contributed by atoms with van der Waals surface area (Å²) in [6.07, 6.45) is 8.92. The summed E-state index contributed by atoms with van der Waals surface area (Å²) < 4.78 is 2.14. The highest BCUT2D eigenvalue weighted by molar-refractivity contribution is 7.13. The van der Waals surface area contributed by atoms with Crippen molar-refractivity contribution in [1.82, 2.24) is 29.8 Å². The standard InChI is InChI=1S/C15H18N6S/c1-11(9-21-6-5-17-12(21)2)19-7-13-10-22-15(20-13)14-8-16-3-4-18-14/h3-6,8,10-11,19H,7,9H2,1-2H3/t11-/m0/s1. The van der Waals surface area contributed by atoms with Crippen LogP contribution in [0.2, 0.25) is 0 Å². The Morgan fingerprint density at radius 2 is 2.18 bits per heavy atom. The van der Waals surface area contributed by atoms with Gasteiger partial charge in [-0.3, -0.25) is 9.97 Å². The van der Waals surface area contributed by atoms with Gasteiger partial charge >= 0.3 is 0 Å². The maximum absolute atomic E-state index is 4.60. The summed E-state index contributed by atoms with van der Waals surface area (Å²) in [6.45, 7) is 5.81. The van der Waals surface area contributed by atoms with Gasteiger partial charge in [0, 0.05) is 49.3 Å². The molecule has 0 saturated heterocycles. The fourth-order valence-corrected chi connectivity index (χ4v) is 2.93. The minimum Gasteiger partial charge on any atom is -0.334 e. The molecule has 0 spiro atoms. The van der Waals surface area contributed by atoms with Gasteiger partial charge in [0.15, 0.2) is 0 Å². The van der Waals surface area contributed by atoms with Gasteiger partial charge in [-0.05, 0) is 13.8 Å². The molecule has 0 aliphatic rings. The van der Waals surface area contributed by atoms with Gasteiger partial charge in [-0.15, -0.1) is 11.3 Å². The van der Waals surface area contributed by atoms with E-state index in [0.29, 0.717) is 6.04 Å². The number of imidazole rings is 1. The van der Waals surface area contributed by atoms with E-state index in [4.69, 9.17) is 0 Å². The van der Waals surface area contributed by atoms with E-state index in [1.807, 2.05) is 19.3 Å². The Balaban J connectivity index is 1.56. The molecule has 0 saturated carbocycles. The first-order chi connectivity index (χ1) is 10.7. The van der Waals surface area contributed by atoms with Crippen molar-refractivity contribution >= 4 is 11.3 Å². The summed E-state index contributed by atoms with van der Waals surface area (Å²) in [5, 5.41) is 6.46. The lowest BCUT2D eigenvalue weighted by Crippen LogP contribution is -2.30. The second kappa shape index (κ2) is 6.76. The van der Waals surface area contributed by atoms with Gasteiger partial charge in [0.25, 0.3) is 0 Å². The average Bonchev–Trinajstić information content (AvgIpc) is 3.16. The number of aryl methyl sites for hydroxylation is 1. The Morgan fingerprint density at radius 3 is 2.91 bits per heavy atom. The first-order valence-electron chi connectivity index (χ1n) is 7.14. The molecule has 0 radical (unpaired) electrons. The number of nitrogens with one attached hydrogen (secondary N) is 1. The third-order valence-corrected chi connectivity index (χ3v) is 4.27. The van der Waals surface area contributed by atoms with Crippen molar-refractivity contribution in [2.45, 2.75) is 33.0 Å². The molecule has 3 aromatic rings. The topological polar surface area (TPSA) is 68.5 Å². The number of aromatic nitrogens is 5. The highest BCUT2D eigenvalue weighted by Gasteiger charge is 2.08. The van der Waals surface area contributed by atoms with Crippen molar-refractivity contribution in [2.24, 2.45) is 0 Å². The van der Waals surface area contributed by atoms with Crippen LogP contribution in [0.3, 0.4) is 0 Å². The van der Waals surface area contributed by atoms with Crippen LogP contribution in [-0.2, 0) is 13.1 Å². The molecule has 0 aliphatic heterocycles. The molecule has 1 N–H and O–H groups in total. The molecule has 0 amide bonds. The van der Waals surface area contributed by atoms with Crippen molar-refractivity contribution in [2.75, 3.05) is 0 Å². The van der Waals surface area contributed by atoms with E-state index in [2.05, 4.69) is 42.1 Å². The quantitative estimate of drug-likeness (QED) is 0.756. The first kappa shape index (κ1) is 14.8. The van der Waals surface area contributed by atoms with Crippen molar-refractivity contribution in [3.8, 4) is 10.7 Å². The monoisotopic (exact) mass is 314 g/mol. The normalized spacial score (nSPS) is 12.5. The highest BCUT2D eigenvalue weighted by Crippen LogP contribution is 2.20. The SMILES string of the molecule is Cc1nccn1C[C@H](C)NCc1csc(-c2cnccn2)n1. The molecule has 22 heavy (non-hydrogen) atoms. The fraction of sp³-hybridized carbons (Fsp3) is 0.333. The number of hydrogen-bond donors (Lipinski definition) is 1. The predicted molar refractivity (Wildman–Crippen MR) is 86.4 cm³/mol. The van der Waals surface area contributed by atoms with Crippen LogP contribution in [0.25, 0.3) is 10.7 Å². The van der Waals surface area contributed by atoms with E-state index >= 15 is 0 Å². The molecule has 3 rings (SSSR count). The molecule has 3 aromatic heterocycles. The number of thiazole rings is 1. The lowest BCUT2D eigenvalue weighted by Gasteiger charge is -2.14. The molecule has 114 valence electrons. The minimum absolute atomic E-state index is 0.342. The largest absolute Gasteiger partial charge is 0.334 e. The van der Waals surface area contributed by atoms with Crippen LogP contribution >= 0.6 is 11.3 Å². The molecule has 0 aromatic carbocycles. The zero-order chi connectivity index (χ0) is 15.4. The van der Waals surface area contributed by atoms with Crippen LogP contribution in [0.15, 0.2) is 36.4 Å². The number of hydrogen-bond acceptors (Lipinski definition) is 6. The summed E-state index contributed by atoms with van der Waals surface area (Å²) >= 11 is 1.59. The van der Waals surface area contributed by atoms with Gasteiger partial charge in [-0.25, -0.2) is 9.97 Å². The zero-order valence-corrected chi connectivity index (χ0v) is 13.4. The van der Waals surface area contributed by atoms with Crippen LogP contribution < -0.4 is 5.32 Å². The first-order valence-corrected chi connectivity index (χ1v) is 8.02. The maximum atomic E-state index is 4.60. The second-order valence-corrected chi connectivity index (χ2v) is 6.00. The predicted octanol–water partition coefficient (Wildman–Crippen LogP) is 2.28. The van der Waals surface area contributed by atoms with E-state index in [-0.39, 0.29) is 0 Å². The molecule has 3 heterocycles. The number of nitrogens with zero attached hydrogens (tertiary/aromatic N) is 5. The van der Waals surface area contributed by atoms with Crippen LogP contribution in [0.5, 0.6) is 0 Å². The van der Waals surface area contributed by atoms with Gasteiger partial charge < -0.3 is 9.88 Å². The Bertz CT molecular complexity index is 720. The van der Waals surface area contributed by atoms with E-state index in [9.17, 15) is 0 Å². The van der Waals surface area contributed by atoms with Gasteiger partial charge in [-0.1, -0.05) is 0 Å². The van der Waals surface area contributed by atoms with Crippen LogP contribution in [0.1, 0.15) is 18.4 Å². The van der Waals surface area contributed by atoms with Crippen LogP contribution in [0.4, 0.5) is 0 Å². The summed E-state index contributed by atoms with van der Waals surface area (Å²) in [5.74, 6) is 1.03. The van der Waals surface area contributed by atoms with Gasteiger partial charge in [0.1, 0.15) is 16.5 Å².